The van der Waals surface area contributed by atoms with E-state index in [1.807, 2.05) is 17.9 Å². The van der Waals surface area contributed by atoms with E-state index >= 15 is 4.39 Å². The Balaban J connectivity index is 1.21. The molecule has 0 unspecified atom stereocenters. The van der Waals surface area contributed by atoms with Gasteiger partial charge in [0, 0.05) is 49.7 Å². The molecule has 0 radical (unpaired) electrons. The number of amides is 1. The topological polar surface area (TPSA) is 113 Å². The van der Waals surface area contributed by atoms with Crippen molar-refractivity contribution in [1.82, 2.24) is 34.9 Å². The number of benzene rings is 1. The summed E-state index contributed by atoms with van der Waals surface area (Å²) in [6.45, 7) is 5.62. The lowest BCUT2D eigenvalue weighted by molar-refractivity contribution is 0.0915. The van der Waals surface area contributed by atoms with Crippen LogP contribution in [0.4, 0.5) is 19.4 Å². The second-order valence-corrected chi connectivity index (χ2v) is 14.0. The largest absolute Gasteiger partial charge is 0.461 e. The summed E-state index contributed by atoms with van der Waals surface area (Å²) in [7, 11) is 0. The average molecular weight is 645 g/mol. The van der Waals surface area contributed by atoms with Crippen LogP contribution in [0.2, 0.25) is 0 Å². The first-order chi connectivity index (χ1) is 22.9. The smallest absolute Gasteiger partial charge is 0.410 e. The number of ether oxygens (including phenoxy) is 2. The lowest BCUT2D eigenvalue weighted by atomic mass is 9.91. The van der Waals surface area contributed by atoms with E-state index in [4.69, 9.17) is 24.4 Å². The van der Waals surface area contributed by atoms with Crippen LogP contribution in [0.1, 0.15) is 49.7 Å². The van der Waals surface area contributed by atoms with Gasteiger partial charge in [0.05, 0.1) is 35.3 Å². The Labute approximate surface area is 270 Å². The number of piperidine rings is 1. The first-order valence-electron chi connectivity index (χ1n) is 16.9. The van der Waals surface area contributed by atoms with Crippen LogP contribution in [-0.4, -0.2) is 105 Å². The summed E-state index contributed by atoms with van der Waals surface area (Å²) in [5.41, 5.74) is 3.22. The minimum atomic E-state index is -0.893. The van der Waals surface area contributed by atoms with E-state index in [2.05, 4.69) is 20.0 Å². The molecule has 6 bridgehead atoms. The number of hydrogen-bond acceptors (Lipinski definition) is 9. The van der Waals surface area contributed by atoms with Gasteiger partial charge >= 0.3 is 12.1 Å². The number of pyridine rings is 1. The van der Waals surface area contributed by atoms with Crippen molar-refractivity contribution in [2.75, 3.05) is 50.8 Å². The van der Waals surface area contributed by atoms with Gasteiger partial charge < -0.3 is 19.3 Å². The minimum absolute atomic E-state index is 0.0427. The lowest BCUT2D eigenvalue weighted by Crippen LogP contribution is -2.50. The SMILES string of the molecule is Cc1cc2[nH]ncc2c2c1CCCOC(=O)N1CC[C@@H]3CCN(C[C@@H]31)c1nc(OC[C@@]34CCCN3C[C@H](F)C4)nc3c(F)c-2ncc13. The highest BCUT2D eigenvalue weighted by Gasteiger charge is 2.49. The Morgan fingerprint density at radius 2 is 2.02 bits per heavy atom. The highest BCUT2D eigenvalue weighted by Crippen LogP contribution is 2.42. The lowest BCUT2D eigenvalue weighted by Gasteiger charge is -2.39. The number of H-pyrrole nitrogens is 1. The third-order valence-electron chi connectivity index (χ3n) is 11.4. The number of carbonyl (C=O) groups is 1. The predicted octanol–water partition coefficient (Wildman–Crippen LogP) is 4.95. The molecule has 4 saturated heterocycles. The monoisotopic (exact) mass is 644 g/mol. The Bertz CT molecular complexity index is 1900. The molecule has 4 fully saturated rings. The van der Waals surface area contributed by atoms with Crippen molar-refractivity contribution in [3.05, 3.63) is 35.4 Å². The van der Waals surface area contributed by atoms with Gasteiger partial charge in [-0.25, -0.2) is 13.6 Å². The van der Waals surface area contributed by atoms with Gasteiger partial charge in [0.15, 0.2) is 5.82 Å². The number of aromatic amines is 1. The van der Waals surface area contributed by atoms with Crippen LogP contribution in [0.5, 0.6) is 6.01 Å². The molecule has 1 aromatic carbocycles. The molecule has 10 rings (SSSR count). The molecule has 0 spiro atoms. The van der Waals surface area contributed by atoms with Gasteiger partial charge in [-0.15, -0.1) is 0 Å². The molecule has 9 heterocycles. The fourth-order valence-electron chi connectivity index (χ4n) is 9.06. The average Bonchev–Trinajstić information content (AvgIpc) is 3.85. The standard InChI is InChI=1S/C34H38F2N8O3/c1-19-12-25-23(15-38-41-25)27-22(19)4-2-11-46-33(45)44-10-6-20-5-9-42(17-26(20)44)31-24-14-37-30(27)28(36)29(24)39-32(40-31)47-18-34-7-3-8-43(34)16-21(35)13-34/h12,14-15,20-21,26H,2-11,13,16-18H2,1H3,(H,38,41)/t20-,21+,26-,34-/m0/s1. The first-order valence-corrected chi connectivity index (χ1v) is 16.9. The van der Waals surface area contributed by atoms with Crippen LogP contribution < -0.4 is 9.64 Å². The van der Waals surface area contributed by atoms with E-state index < -0.39 is 17.5 Å². The van der Waals surface area contributed by atoms with Crippen molar-refractivity contribution in [3.63, 3.8) is 0 Å². The molecule has 1 N–H and O–H groups in total. The number of carbonyl (C=O) groups excluding carboxylic acids is 1. The van der Waals surface area contributed by atoms with Crippen LogP contribution in [0, 0.1) is 18.7 Å². The van der Waals surface area contributed by atoms with Crippen LogP contribution in [0.3, 0.4) is 0 Å². The minimum Gasteiger partial charge on any atom is -0.461 e. The molecule has 1 amide bonds. The maximum atomic E-state index is 17.1. The summed E-state index contributed by atoms with van der Waals surface area (Å²) in [5.74, 6) is 0.340. The molecule has 0 saturated carbocycles. The molecule has 47 heavy (non-hydrogen) atoms. The summed E-state index contributed by atoms with van der Waals surface area (Å²) in [6.07, 6.45) is 7.36. The van der Waals surface area contributed by atoms with Gasteiger partial charge in [-0.2, -0.15) is 15.1 Å². The van der Waals surface area contributed by atoms with Crippen LogP contribution in [-0.2, 0) is 11.2 Å². The molecule has 13 heteroatoms. The molecule has 4 atom stereocenters. The quantitative estimate of drug-likeness (QED) is 0.331. The van der Waals surface area contributed by atoms with Gasteiger partial charge in [-0.3, -0.25) is 15.0 Å². The van der Waals surface area contributed by atoms with E-state index in [1.165, 1.54) is 0 Å². The molecule has 6 aliphatic heterocycles. The maximum Gasteiger partial charge on any atom is 0.410 e. The Kier molecular flexibility index (Phi) is 6.77. The third kappa shape index (κ3) is 4.63. The zero-order valence-corrected chi connectivity index (χ0v) is 26.5. The molecular formula is C34H38F2N8O3. The van der Waals surface area contributed by atoms with E-state index in [0.29, 0.717) is 68.1 Å². The fourth-order valence-corrected chi connectivity index (χ4v) is 9.06. The molecule has 11 nitrogen and oxygen atoms in total. The summed E-state index contributed by atoms with van der Waals surface area (Å²) in [6, 6.07) is 2.03. The van der Waals surface area contributed by atoms with E-state index in [1.54, 1.807) is 12.4 Å². The van der Waals surface area contributed by atoms with Crippen molar-refractivity contribution < 1.29 is 23.0 Å². The molecule has 246 valence electrons. The molecule has 6 aliphatic rings. The van der Waals surface area contributed by atoms with E-state index in [9.17, 15) is 9.18 Å². The van der Waals surface area contributed by atoms with E-state index in [-0.39, 0.29) is 42.6 Å². The zero-order valence-electron chi connectivity index (χ0n) is 26.5. The second-order valence-electron chi connectivity index (χ2n) is 14.0. The Hall–Kier alpha value is -4.13. The van der Waals surface area contributed by atoms with Crippen LogP contribution in [0.25, 0.3) is 33.1 Å². The number of nitrogens with zero attached hydrogens (tertiary/aromatic N) is 7. The summed E-state index contributed by atoms with van der Waals surface area (Å²) in [5, 5.41) is 8.52. The van der Waals surface area contributed by atoms with Crippen LogP contribution in [0.15, 0.2) is 18.5 Å². The van der Waals surface area contributed by atoms with Crippen LogP contribution >= 0.6 is 0 Å². The number of anilines is 1. The van der Waals surface area contributed by atoms with Crippen molar-refractivity contribution in [2.24, 2.45) is 5.92 Å². The summed E-state index contributed by atoms with van der Waals surface area (Å²) in [4.78, 5) is 33.9. The van der Waals surface area contributed by atoms with Crippen molar-refractivity contribution in [1.29, 1.82) is 0 Å². The predicted molar refractivity (Wildman–Crippen MR) is 171 cm³/mol. The maximum absolute atomic E-state index is 17.1. The van der Waals surface area contributed by atoms with Gasteiger partial charge in [-0.1, -0.05) is 0 Å². The first kappa shape index (κ1) is 29.0. The number of fused-ring (bicyclic) bond motifs is 7. The van der Waals surface area contributed by atoms with Crippen molar-refractivity contribution in [3.8, 4) is 17.3 Å². The molecule has 4 aromatic rings. The summed E-state index contributed by atoms with van der Waals surface area (Å²) >= 11 is 0. The number of hydrogen-bond donors (Lipinski definition) is 1. The third-order valence-corrected chi connectivity index (χ3v) is 11.4. The number of alkyl halides is 1. The van der Waals surface area contributed by atoms with Gasteiger partial charge in [0.2, 0.25) is 0 Å². The number of aromatic nitrogens is 5. The number of rotatable bonds is 3. The highest BCUT2D eigenvalue weighted by molar-refractivity contribution is 5.99. The normalized spacial score (nSPS) is 27.6. The van der Waals surface area contributed by atoms with Gasteiger partial charge in [0.1, 0.15) is 29.8 Å². The van der Waals surface area contributed by atoms with E-state index in [0.717, 1.165) is 54.3 Å². The molecule has 3 aromatic heterocycles. The van der Waals surface area contributed by atoms with Crippen molar-refractivity contribution >= 4 is 33.7 Å². The number of aryl methyl sites for hydroxylation is 1. The van der Waals surface area contributed by atoms with Crippen molar-refractivity contribution in [2.45, 2.75) is 69.6 Å². The highest BCUT2D eigenvalue weighted by atomic mass is 19.1. The second kappa shape index (κ2) is 11.0. The zero-order chi connectivity index (χ0) is 31.9. The van der Waals surface area contributed by atoms with Gasteiger partial charge in [-0.05, 0) is 75.1 Å². The van der Waals surface area contributed by atoms with Gasteiger partial charge in [0.25, 0.3) is 0 Å². The number of nitrogens with one attached hydrogen (secondary N) is 1. The molecule has 0 aliphatic carbocycles. The number of halogens is 2. The molecular weight excluding hydrogens is 606 g/mol. The summed E-state index contributed by atoms with van der Waals surface area (Å²) < 4.78 is 43.8. The Morgan fingerprint density at radius 1 is 1.13 bits per heavy atom. The fraction of sp³-hybridized carbons (Fsp3) is 0.559. The Morgan fingerprint density at radius 3 is 2.94 bits per heavy atom.